The zero-order valence-corrected chi connectivity index (χ0v) is 9.82. The Morgan fingerprint density at radius 3 is 2.69 bits per heavy atom. The van der Waals surface area contributed by atoms with E-state index in [9.17, 15) is 9.59 Å². The van der Waals surface area contributed by atoms with Crippen LogP contribution in [0.3, 0.4) is 0 Å². The van der Waals surface area contributed by atoms with Gasteiger partial charge in [-0.15, -0.1) is 0 Å². The van der Waals surface area contributed by atoms with Gasteiger partial charge in [-0.05, 0) is 6.92 Å². The van der Waals surface area contributed by atoms with Crippen LogP contribution in [0.15, 0.2) is 24.2 Å². The fourth-order valence-corrected chi connectivity index (χ4v) is 1.40. The normalized spacial score (nSPS) is 16.6. The molecule has 1 rings (SSSR count). The summed E-state index contributed by atoms with van der Waals surface area (Å²) < 4.78 is 4.95. The first-order valence-electron chi connectivity index (χ1n) is 4.94. The first kappa shape index (κ1) is 12.4. The molecule has 0 spiro atoms. The third-order valence-corrected chi connectivity index (χ3v) is 2.45. The van der Waals surface area contributed by atoms with E-state index in [0.717, 1.165) is 0 Å². The second kappa shape index (κ2) is 4.94. The largest absolute Gasteiger partial charge is 0.383 e. The number of nitrogens with zero attached hydrogens (tertiary/aromatic N) is 2. The van der Waals surface area contributed by atoms with Crippen LogP contribution in [-0.2, 0) is 14.3 Å². The lowest BCUT2D eigenvalue weighted by molar-refractivity contribution is -0.128. The van der Waals surface area contributed by atoms with Gasteiger partial charge < -0.3 is 9.64 Å². The molecule has 5 heteroatoms. The third-order valence-electron chi connectivity index (χ3n) is 2.45. The molecule has 1 heterocycles. The van der Waals surface area contributed by atoms with E-state index in [1.165, 1.54) is 18.0 Å². The molecule has 1 aliphatic rings. The SMILES string of the molecule is C=C1N(CCOC)C=C(C(C)=O)C(=O)N1C. The maximum Gasteiger partial charge on any atom is 0.264 e. The van der Waals surface area contributed by atoms with Gasteiger partial charge in [0.2, 0.25) is 0 Å². The van der Waals surface area contributed by atoms with Gasteiger partial charge in [-0.2, -0.15) is 0 Å². The minimum Gasteiger partial charge on any atom is -0.383 e. The van der Waals surface area contributed by atoms with Crippen molar-refractivity contribution in [1.29, 1.82) is 0 Å². The maximum atomic E-state index is 11.7. The minimum atomic E-state index is -0.314. The van der Waals surface area contributed by atoms with E-state index < -0.39 is 0 Å². The highest BCUT2D eigenvalue weighted by molar-refractivity contribution is 6.19. The molecule has 88 valence electrons. The Labute approximate surface area is 95.0 Å². The molecule has 0 aromatic carbocycles. The van der Waals surface area contributed by atoms with Crippen LogP contribution in [0.25, 0.3) is 0 Å². The second-order valence-corrected chi connectivity index (χ2v) is 3.57. The van der Waals surface area contributed by atoms with Crippen molar-refractivity contribution in [2.24, 2.45) is 0 Å². The molecule has 0 radical (unpaired) electrons. The number of hydrogen-bond donors (Lipinski definition) is 0. The van der Waals surface area contributed by atoms with Gasteiger partial charge in [0.15, 0.2) is 5.78 Å². The molecule has 0 fully saturated rings. The molecule has 5 nitrogen and oxygen atoms in total. The predicted octanol–water partition coefficient (Wildman–Crippen LogP) is 0.351. The minimum absolute atomic E-state index is 0.172. The summed E-state index contributed by atoms with van der Waals surface area (Å²) >= 11 is 0. The van der Waals surface area contributed by atoms with Crippen molar-refractivity contribution in [2.75, 3.05) is 27.3 Å². The molecular weight excluding hydrogens is 208 g/mol. The number of rotatable bonds is 4. The summed E-state index contributed by atoms with van der Waals surface area (Å²) in [6.45, 7) is 6.23. The average molecular weight is 224 g/mol. The van der Waals surface area contributed by atoms with Crippen LogP contribution >= 0.6 is 0 Å². The van der Waals surface area contributed by atoms with Crippen molar-refractivity contribution < 1.29 is 14.3 Å². The van der Waals surface area contributed by atoms with Crippen LogP contribution in [0.1, 0.15) is 6.92 Å². The Bertz CT molecular complexity index is 360. The number of Topliss-reactive ketones (excluding diaryl/α,β-unsaturated/α-hetero) is 1. The van der Waals surface area contributed by atoms with Gasteiger partial charge in [0, 0.05) is 26.9 Å². The average Bonchev–Trinajstić information content (AvgIpc) is 2.24. The standard InChI is InChI=1S/C11H16N2O3/c1-8(14)10-7-13(5-6-16-4)9(2)12(3)11(10)15/h7H,2,5-6H2,1,3-4H3. The zero-order valence-electron chi connectivity index (χ0n) is 9.82. The van der Waals surface area contributed by atoms with E-state index in [1.54, 1.807) is 19.1 Å². The summed E-state index contributed by atoms with van der Waals surface area (Å²) in [4.78, 5) is 26.1. The summed E-state index contributed by atoms with van der Waals surface area (Å²) in [5, 5.41) is 0. The van der Waals surface area contributed by atoms with Gasteiger partial charge in [-0.3, -0.25) is 14.5 Å². The Kier molecular flexibility index (Phi) is 3.84. The number of likely N-dealkylation sites (N-methyl/N-ethyl adjacent to an activating group) is 1. The first-order valence-corrected chi connectivity index (χ1v) is 4.94. The number of methoxy groups -OCH3 is 1. The van der Waals surface area contributed by atoms with Gasteiger partial charge in [0.1, 0.15) is 5.82 Å². The second-order valence-electron chi connectivity index (χ2n) is 3.57. The molecule has 1 amide bonds. The van der Waals surface area contributed by atoms with Gasteiger partial charge in [-0.25, -0.2) is 0 Å². The lowest BCUT2D eigenvalue weighted by Gasteiger charge is -2.34. The fraction of sp³-hybridized carbons (Fsp3) is 0.455. The molecule has 0 N–H and O–H groups in total. The van der Waals surface area contributed by atoms with Crippen LogP contribution < -0.4 is 0 Å². The molecule has 0 atom stereocenters. The molecule has 1 aliphatic heterocycles. The summed E-state index contributed by atoms with van der Waals surface area (Å²) in [6, 6.07) is 0. The highest BCUT2D eigenvalue weighted by Gasteiger charge is 2.28. The first-order chi connectivity index (χ1) is 7.49. The van der Waals surface area contributed by atoms with E-state index in [2.05, 4.69) is 6.58 Å². The van der Waals surface area contributed by atoms with Gasteiger partial charge in [-0.1, -0.05) is 6.58 Å². The fourth-order valence-electron chi connectivity index (χ4n) is 1.40. The van der Waals surface area contributed by atoms with Gasteiger partial charge in [0.05, 0.1) is 12.2 Å². The van der Waals surface area contributed by atoms with Crippen molar-refractivity contribution in [2.45, 2.75) is 6.92 Å². The predicted molar refractivity (Wildman–Crippen MR) is 59.3 cm³/mol. The van der Waals surface area contributed by atoms with Crippen molar-refractivity contribution in [3.63, 3.8) is 0 Å². The summed E-state index contributed by atoms with van der Waals surface area (Å²) in [5.74, 6) is -0.00927. The van der Waals surface area contributed by atoms with Gasteiger partial charge >= 0.3 is 0 Å². The highest BCUT2D eigenvalue weighted by atomic mass is 16.5. The van der Waals surface area contributed by atoms with Crippen molar-refractivity contribution in [3.05, 3.63) is 24.2 Å². The number of ether oxygens (including phenoxy) is 1. The van der Waals surface area contributed by atoms with E-state index >= 15 is 0 Å². The number of hydrogen-bond acceptors (Lipinski definition) is 4. The van der Waals surface area contributed by atoms with Crippen LogP contribution in [0.2, 0.25) is 0 Å². The molecule has 0 saturated heterocycles. The van der Waals surface area contributed by atoms with Crippen LogP contribution in [0.4, 0.5) is 0 Å². The summed E-state index contributed by atoms with van der Waals surface area (Å²) in [7, 11) is 3.19. The van der Waals surface area contributed by atoms with Crippen molar-refractivity contribution in [1.82, 2.24) is 9.80 Å². The highest BCUT2D eigenvalue weighted by Crippen LogP contribution is 2.19. The lowest BCUT2D eigenvalue weighted by Crippen LogP contribution is -2.42. The maximum absolute atomic E-state index is 11.7. The molecular formula is C11H16N2O3. The molecule has 16 heavy (non-hydrogen) atoms. The lowest BCUT2D eigenvalue weighted by atomic mass is 10.1. The Morgan fingerprint density at radius 1 is 1.56 bits per heavy atom. The summed E-state index contributed by atoms with van der Waals surface area (Å²) in [6.07, 6.45) is 1.53. The van der Waals surface area contributed by atoms with E-state index in [-0.39, 0.29) is 17.3 Å². The van der Waals surface area contributed by atoms with Crippen molar-refractivity contribution >= 4 is 11.7 Å². The third kappa shape index (κ3) is 2.30. The Morgan fingerprint density at radius 2 is 2.19 bits per heavy atom. The quantitative estimate of drug-likeness (QED) is 0.647. The molecule has 0 aromatic heterocycles. The van der Waals surface area contributed by atoms with Gasteiger partial charge in [0.25, 0.3) is 5.91 Å². The molecule has 0 bridgehead atoms. The van der Waals surface area contributed by atoms with Crippen LogP contribution in [0.5, 0.6) is 0 Å². The smallest absolute Gasteiger partial charge is 0.264 e. The molecule has 0 aromatic rings. The Hall–Kier alpha value is -1.62. The molecule has 0 unspecified atom stereocenters. The van der Waals surface area contributed by atoms with Crippen molar-refractivity contribution in [3.8, 4) is 0 Å². The number of amides is 1. The number of ketones is 1. The number of carbonyl (C=O) groups is 2. The monoisotopic (exact) mass is 224 g/mol. The number of carbonyl (C=O) groups excluding carboxylic acids is 2. The van der Waals surface area contributed by atoms with Crippen LogP contribution in [-0.4, -0.2) is 48.8 Å². The topological polar surface area (TPSA) is 49.9 Å². The zero-order chi connectivity index (χ0) is 12.3. The van der Waals surface area contributed by atoms with E-state index in [0.29, 0.717) is 19.0 Å². The Balaban J connectivity index is 2.96. The van der Waals surface area contributed by atoms with E-state index in [4.69, 9.17) is 4.74 Å². The molecule has 0 saturated carbocycles. The van der Waals surface area contributed by atoms with Crippen LogP contribution in [0, 0.1) is 0 Å². The van der Waals surface area contributed by atoms with E-state index in [1.807, 2.05) is 0 Å². The summed E-state index contributed by atoms with van der Waals surface area (Å²) in [5.41, 5.74) is 0.172. The molecule has 0 aliphatic carbocycles.